The zero-order chi connectivity index (χ0) is 12.8. The molecule has 0 spiro atoms. The summed E-state index contributed by atoms with van der Waals surface area (Å²) in [6.45, 7) is 2.97. The second-order valence-electron chi connectivity index (χ2n) is 3.90. The number of methoxy groups -OCH3 is 1. The number of nitrogens with zero attached hydrogens (tertiary/aromatic N) is 2. The Bertz CT molecular complexity index is 473. The molecule has 0 saturated heterocycles. The summed E-state index contributed by atoms with van der Waals surface area (Å²) in [5.74, 6) is 0.596. The Hall–Kier alpha value is -1.46. The van der Waals surface area contributed by atoms with Crippen LogP contribution in [0.3, 0.4) is 0 Å². The van der Waals surface area contributed by atoms with Crippen LogP contribution >= 0.6 is 11.3 Å². The maximum Gasteiger partial charge on any atom is 0.237 e. The van der Waals surface area contributed by atoms with Crippen molar-refractivity contribution in [2.24, 2.45) is 0 Å². The highest BCUT2D eigenvalue weighted by atomic mass is 32.1. The van der Waals surface area contributed by atoms with Gasteiger partial charge in [0.15, 0.2) is 0 Å². The summed E-state index contributed by atoms with van der Waals surface area (Å²) in [4.78, 5) is 8.61. The van der Waals surface area contributed by atoms with Crippen LogP contribution in [0.25, 0.3) is 0 Å². The third kappa shape index (κ3) is 3.05. The van der Waals surface area contributed by atoms with Crippen LogP contribution < -0.4 is 10.1 Å². The van der Waals surface area contributed by atoms with Crippen LogP contribution in [0, 0.1) is 0 Å². The van der Waals surface area contributed by atoms with Crippen LogP contribution in [-0.2, 0) is 6.42 Å². The molecule has 1 atom stereocenters. The summed E-state index contributed by atoms with van der Waals surface area (Å²) >= 11 is 1.71. The van der Waals surface area contributed by atoms with Crippen molar-refractivity contribution in [2.75, 3.05) is 13.7 Å². The fourth-order valence-electron chi connectivity index (χ4n) is 1.89. The summed E-state index contributed by atoms with van der Waals surface area (Å²) in [5.41, 5.74) is 2.17. The van der Waals surface area contributed by atoms with Crippen LogP contribution in [0.2, 0.25) is 0 Å². The van der Waals surface area contributed by atoms with Crippen LogP contribution in [0.5, 0.6) is 5.88 Å². The van der Waals surface area contributed by atoms with E-state index < -0.39 is 0 Å². The fourth-order valence-corrected chi connectivity index (χ4v) is 2.57. The van der Waals surface area contributed by atoms with E-state index in [1.54, 1.807) is 30.8 Å². The molecule has 5 heteroatoms. The quantitative estimate of drug-likeness (QED) is 0.869. The van der Waals surface area contributed by atoms with E-state index in [2.05, 4.69) is 39.0 Å². The first-order valence-electron chi connectivity index (χ1n) is 5.94. The normalized spacial score (nSPS) is 12.3. The van der Waals surface area contributed by atoms with Gasteiger partial charge in [0.05, 0.1) is 13.2 Å². The molecule has 0 aromatic carbocycles. The van der Waals surface area contributed by atoms with Gasteiger partial charge in [0.2, 0.25) is 5.88 Å². The highest BCUT2D eigenvalue weighted by molar-refractivity contribution is 7.07. The van der Waals surface area contributed by atoms with E-state index in [0.717, 1.165) is 18.7 Å². The van der Waals surface area contributed by atoms with E-state index in [1.165, 1.54) is 5.56 Å². The van der Waals surface area contributed by atoms with Gasteiger partial charge in [-0.1, -0.05) is 6.92 Å². The van der Waals surface area contributed by atoms with Crippen LogP contribution in [0.15, 0.2) is 29.2 Å². The fraction of sp³-hybridized carbons (Fsp3) is 0.385. The molecule has 0 aliphatic carbocycles. The second kappa shape index (κ2) is 6.47. The zero-order valence-electron chi connectivity index (χ0n) is 10.6. The number of nitrogens with one attached hydrogen (secondary N) is 1. The number of ether oxygens (including phenoxy) is 1. The molecule has 0 radical (unpaired) electrons. The van der Waals surface area contributed by atoms with E-state index in [1.807, 2.05) is 0 Å². The standard InChI is InChI=1S/C13H17N3OS/c1-3-14-11(8-10-4-7-18-9-10)12-13(17-2)16-6-5-15-12/h4-7,9,11,14H,3,8H2,1-2H3. The Morgan fingerprint density at radius 2 is 2.22 bits per heavy atom. The van der Waals surface area contributed by atoms with E-state index >= 15 is 0 Å². The Labute approximate surface area is 111 Å². The second-order valence-corrected chi connectivity index (χ2v) is 4.68. The van der Waals surface area contributed by atoms with Gasteiger partial charge in [-0.3, -0.25) is 4.98 Å². The molecular formula is C13H17N3OS. The Morgan fingerprint density at radius 3 is 2.89 bits per heavy atom. The zero-order valence-corrected chi connectivity index (χ0v) is 11.4. The highest BCUT2D eigenvalue weighted by Crippen LogP contribution is 2.24. The summed E-state index contributed by atoms with van der Waals surface area (Å²) in [7, 11) is 1.63. The average molecular weight is 263 g/mol. The van der Waals surface area contributed by atoms with Crippen LogP contribution in [0.1, 0.15) is 24.2 Å². The number of hydrogen-bond acceptors (Lipinski definition) is 5. The van der Waals surface area contributed by atoms with Gasteiger partial charge in [0.1, 0.15) is 5.69 Å². The van der Waals surface area contributed by atoms with Crippen molar-refractivity contribution in [3.05, 3.63) is 40.5 Å². The van der Waals surface area contributed by atoms with Gasteiger partial charge in [-0.2, -0.15) is 11.3 Å². The monoisotopic (exact) mass is 263 g/mol. The van der Waals surface area contributed by atoms with Gasteiger partial charge in [-0.25, -0.2) is 4.98 Å². The number of rotatable bonds is 6. The molecule has 2 heterocycles. The van der Waals surface area contributed by atoms with Gasteiger partial charge < -0.3 is 10.1 Å². The molecule has 96 valence electrons. The van der Waals surface area contributed by atoms with Gasteiger partial charge in [0.25, 0.3) is 0 Å². The molecule has 4 nitrogen and oxygen atoms in total. The molecule has 0 amide bonds. The molecule has 0 saturated carbocycles. The molecule has 1 N–H and O–H groups in total. The Kier molecular flexibility index (Phi) is 4.66. The van der Waals surface area contributed by atoms with Crippen molar-refractivity contribution in [1.82, 2.24) is 15.3 Å². The van der Waals surface area contributed by atoms with E-state index in [4.69, 9.17) is 4.74 Å². The van der Waals surface area contributed by atoms with Crippen LogP contribution in [-0.4, -0.2) is 23.6 Å². The van der Waals surface area contributed by atoms with Gasteiger partial charge in [-0.15, -0.1) is 0 Å². The van der Waals surface area contributed by atoms with Crippen molar-refractivity contribution in [3.8, 4) is 5.88 Å². The highest BCUT2D eigenvalue weighted by Gasteiger charge is 2.18. The molecular weight excluding hydrogens is 246 g/mol. The summed E-state index contributed by atoms with van der Waals surface area (Å²) in [6.07, 6.45) is 4.25. The lowest BCUT2D eigenvalue weighted by molar-refractivity contribution is 0.377. The van der Waals surface area contributed by atoms with Gasteiger partial charge in [-0.05, 0) is 35.4 Å². The van der Waals surface area contributed by atoms with Crippen molar-refractivity contribution in [1.29, 1.82) is 0 Å². The lowest BCUT2D eigenvalue weighted by Crippen LogP contribution is -2.24. The van der Waals surface area contributed by atoms with E-state index in [9.17, 15) is 0 Å². The molecule has 18 heavy (non-hydrogen) atoms. The van der Waals surface area contributed by atoms with Crippen molar-refractivity contribution in [2.45, 2.75) is 19.4 Å². The van der Waals surface area contributed by atoms with Crippen molar-refractivity contribution in [3.63, 3.8) is 0 Å². The average Bonchev–Trinajstić information content (AvgIpc) is 2.91. The summed E-state index contributed by atoms with van der Waals surface area (Å²) < 4.78 is 5.28. The maximum atomic E-state index is 5.28. The first kappa shape index (κ1) is 13.0. The third-order valence-electron chi connectivity index (χ3n) is 2.69. The molecule has 0 aliphatic heterocycles. The number of hydrogen-bond donors (Lipinski definition) is 1. The van der Waals surface area contributed by atoms with E-state index in [-0.39, 0.29) is 6.04 Å². The smallest absolute Gasteiger partial charge is 0.237 e. The minimum absolute atomic E-state index is 0.133. The number of likely N-dealkylation sites (N-methyl/N-ethyl adjacent to an activating group) is 1. The van der Waals surface area contributed by atoms with Gasteiger partial charge >= 0.3 is 0 Å². The molecule has 1 unspecified atom stereocenters. The molecule has 0 aliphatic rings. The maximum absolute atomic E-state index is 5.28. The van der Waals surface area contributed by atoms with Gasteiger partial charge in [0, 0.05) is 12.4 Å². The minimum Gasteiger partial charge on any atom is -0.480 e. The molecule has 2 aromatic heterocycles. The minimum atomic E-state index is 0.133. The predicted octanol–water partition coefficient (Wildman–Crippen LogP) is 2.44. The first-order chi connectivity index (χ1) is 8.85. The van der Waals surface area contributed by atoms with E-state index in [0.29, 0.717) is 5.88 Å². The van der Waals surface area contributed by atoms with Crippen molar-refractivity contribution < 1.29 is 4.74 Å². The summed E-state index contributed by atoms with van der Waals surface area (Å²) in [6, 6.07) is 2.27. The lowest BCUT2D eigenvalue weighted by atomic mass is 10.1. The summed E-state index contributed by atoms with van der Waals surface area (Å²) in [5, 5.41) is 7.68. The SMILES string of the molecule is CCNC(Cc1ccsc1)c1nccnc1OC. The molecule has 2 aromatic rings. The molecule has 0 bridgehead atoms. The lowest BCUT2D eigenvalue weighted by Gasteiger charge is -2.18. The Balaban J connectivity index is 2.23. The Morgan fingerprint density at radius 1 is 1.39 bits per heavy atom. The van der Waals surface area contributed by atoms with Crippen molar-refractivity contribution >= 4 is 11.3 Å². The number of aromatic nitrogens is 2. The van der Waals surface area contributed by atoms with Crippen LogP contribution in [0.4, 0.5) is 0 Å². The predicted molar refractivity (Wildman–Crippen MR) is 73.0 cm³/mol. The largest absolute Gasteiger partial charge is 0.480 e. The third-order valence-corrected chi connectivity index (χ3v) is 3.42. The number of thiophene rings is 1. The molecule has 2 rings (SSSR count). The first-order valence-corrected chi connectivity index (χ1v) is 6.88. The molecule has 0 fully saturated rings. The topological polar surface area (TPSA) is 47.0 Å².